The van der Waals surface area contributed by atoms with Gasteiger partial charge in [-0.3, -0.25) is 23.6 Å². The van der Waals surface area contributed by atoms with Gasteiger partial charge in [-0.05, 0) is 145 Å². The molecule has 4 atom stereocenters. The summed E-state index contributed by atoms with van der Waals surface area (Å²) in [6.45, 7) is 17.1. The Bertz CT molecular complexity index is 5510. The van der Waals surface area contributed by atoms with Gasteiger partial charge in [-0.1, -0.05) is 118 Å². The molecule has 10 heterocycles. The van der Waals surface area contributed by atoms with E-state index in [1.807, 2.05) is 45.0 Å². The van der Waals surface area contributed by atoms with Crippen LogP contribution in [0.3, 0.4) is 0 Å². The minimum Gasteiger partial charge on any atom is -0.482 e. The zero-order valence-electron chi connectivity index (χ0n) is 66.5. The first-order chi connectivity index (χ1) is 58.2. The molecule has 2 saturated heterocycles. The van der Waals surface area contributed by atoms with Crippen molar-refractivity contribution in [3.8, 4) is 67.5 Å². The molecular formula is C85H91Cl8F4N19O5. The molecule has 0 bridgehead atoms. The van der Waals surface area contributed by atoms with Crippen LogP contribution in [0.4, 0.5) is 40.8 Å². The minimum atomic E-state index is -0.655. The second-order valence-electron chi connectivity index (χ2n) is 29.4. The minimum absolute atomic E-state index is 0.0118. The zero-order valence-corrected chi connectivity index (χ0v) is 72.5. The maximum atomic E-state index is 13.9. The van der Waals surface area contributed by atoms with Crippen LogP contribution in [0.15, 0.2) is 147 Å². The van der Waals surface area contributed by atoms with Crippen LogP contribution in [0.2, 0.25) is 40.2 Å². The third kappa shape index (κ3) is 23.7. The topological polar surface area (TPSA) is 311 Å². The Morgan fingerprint density at radius 2 is 0.694 bits per heavy atom. The summed E-state index contributed by atoms with van der Waals surface area (Å²) < 4.78 is 86.8. The molecule has 121 heavy (non-hydrogen) atoms. The number of nitrogen functional groups attached to an aromatic ring is 4. The van der Waals surface area contributed by atoms with Crippen LogP contribution in [0.25, 0.3) is 44.5 Å². The first-order valence-electron chi connectivity index (χ1n) is 39.2. The van der Waals surface area contributed by atoms with Crippen LogP contribution in [0.5, 0.6) is 23.0 Å². The number of hydrogen-bond donors (Lipinski definition) is 7. The van der Waals surface area contributed by atoms with Crippen molar-refractivity contribution >= 4 is 116 Å². The number of benzene rings is 4. The van der Waals surface area contributed by atoms with E-state index in [-0.39, 0.29) is 50.0 Å². The summed E-state index contributed by atoms with van der Waals surface area (Å²) in [5.41, 5.74) is 32.2. The van der Waals surface area contributed by atoms with Crippen molar-refractivity contribution in [2.24, 2.45) is 11.8 Å². The van der Waals surface area contributed by atoms with Crippen LogP contribution < -0.4 is 52.5 Å². The van der Waals surface area contributed by atoms with Crippen molar-refractivity contribution in [1.82, 2.24) is 74.6 Å². The molecule has 12 aromatic rings. The molecule has 1 saturated carbocycles. The van der Waals surface area contributed by atoms with E-state index >= 15 is 0 Å². The highest BCUT2D eigenvalue weighted by molar-refractivity contribution is 6.38. The number of piperidine rings is 1. The summed E-state index contributed by atoms with van der Waals surface area (Å²) in [7, 11) is 0. The number of aliphatic hydroxyl groups excluding tert-OH is 1. The summed E-state index contributed by atoms with van der Waals surface area (Å²) in [4.78, 5) is 19.3. The fraction of sp³-hybridized carbons (Fsp3) is 0.341. The van der Waals surface area contributed by atoms with E-state index in [4.69, 9.17) is 140 Å². The molecule has 36 heteroatoms. The van der Waals surface area contributed by atoms with E-state index in [0.717, 1.165) is 135 Å². The van der Waals surface area contributed by atoms with Crippen molar-refractivity contribution in [1.29, 1.82) is 0 Å². The highest BCUT2D eigenvalue weighted by Gasteiger charge is 2.27. The highest BCUT2D eigenvalue weighted by Crippen LogP contribution is 2.43. The van der Waals surface area contributed by atoms with Crippen LogP contribution >= 0.6 is 92.8 Å². The van der Waals surface area contributed by atoms with Crippen LogP contribution in [-0.2, 0) is 26.2 Å². The van der Waals surface area contributed by atoms with Gasteiger partial charge in [0.1, 0.15) is 47.7 Å². The van der Waals surface area contributed by atoms with Crippen molar-refractivity contribution in [2.75, 3.05) is 75.4 Å². The van der Waals surface area contributed by atoms with Gasteiger partial charge in [0, 0.05) is 182 Å². The van der Waals surface area contributed by atoms with E-state index in [0.29, 0.717) is 77.8 Å². The molecule has 4 aromatic carbocycles. The maximum absolute atomic E-state index is 13.9. The Morgan fingerprint density at radius 3 is 1.03 bits per heavy atom. The molecule has 0 spiro atoms. The number of anilines is 4. The van der Waals surface area contributed by atoms with Crippen molar-refractivity contribution in [2.45, 2.75) is 123 Å². The zero-order chi connectivity index (χ0) is 86.1. The van der Waals surface area contributed by atoms with Gasteiger partial charge < -0.3 is 57.6 Å². The standard InChI is InChI=1S/C23H25Cl2FN4O.C22H25Cl2FN6O.C22H24Cl2FN5O.C18H17Cl2FN4O2/c1-14(21-18(24)6-7-19(26)22(21)25)31-20-10-16(11-28-23(20)27)17-12-29-30(13-17)9-8-15-4-2-3-5-15;1-14(20-17(23)2-3-18(25)21(20)24)32-19-10-15(11-28-22(19)26)16-12-29-31(13-16)9-8-30-6-4-27-5-7-30;1-13(20-17(23)2-3-18(25)21(20)24)31-19-8-15(9-28-22(19)26)16-10-29-30(12-16)11-14-4-6-27-7-5-14;1-10(16-13(19)2-3-14(21)17(16)20)27-15-6-11(7-23-18(15)22)12-8-24-25(9-12)4-5-26/h6-7,10-15H,2-5,8-9H2,1H3,(H2,27,28);2-3,10-14,27H,4-9H2,1H3,(H2,26,28);2-3,8-10,12-14,27H,4-7,11H2,1H3,(H2,26,28);2-3,6-10,26H,4-5H2,1H3,(H2,22,23). The number of piperazine rings is 1. The lowest BCUT2D eigenvalue weighted by Crippen LogP contribution is -2.44. The van der Waals surface area contributed by atoms with Gasteiger partial charge in [-0.2, -0.15) is 20.4 Å². The quantitative estimate of drug-likeness (QED) is 0.0196. The molecule has 3 fully saturated rings. The number of nitrogens with zero attached hydrogens (tertiary/aromatic N) is 13. The fourth-order valence-electron chi connectivity index (χ4n) is 14.2. The SMILES string of the molecule is CC(Oc1cc(-c2cnn(CC3CCNCC3)c2)cnc1N)c1c(Cl)ccc(F)c1Cl.CC(Oc1cc(-c2cnn(CCC3CCCC3)c2)cnc1N)c1c(Cl)ccc(F)c1Cl.CC(Oc1cc(-c2cnn(CCN3CCNCC3)c2)cnc1N)c1c(Cl)ccc(F)c1Cl.CC(Oc1cc(-c2cnn(CCO)c2)cnc1N)c1c(Cl)ccc(F)c1Cl. The number of aryl methyl sites for hydroxylation is 1. The van der Waals surface area contributed by atoms with Gasteiger partial charge in [0.15, 0.2) is 46.3 Å². The molecule has 4 unspecified atom stereocenters. The maximum Gasteiger partial charge on any atom is 0.166 e. The van der Waals surface area contributed by atoms with E-state index < -0.39 is 47.7 Å². The molecule has 640 valence electrons. The second-order valence-corrected chi connectivity index (χ2v) is 32.5. The van der Waals surface area contributed by atoms with E-state index in [1.165, 1.54) is 74.2 Å². The van der Waals surface area contributed by atoms with Crippen molar-refractivity contribution in [3.63, 3.8) is 0 Å². The Morgan fingerprint density at radius 1 is 0.388 bits per heavy atom. The van der Waals surface area contributed by atoms with Crippen molar-refractivity contribution in [3.05, 3.63) is 233 Å². The molecular weight excluding hydrogens is 1730 g/mol. The lowest BCUT2D eigenvalue weighted by Gasteiger charge is -2.26. The van der Waals surface area contributed by atoms with Gasteiger partial charge >= 0.3 is 0 Å². The van der Waals surface area contributed by atoms with Crippen LogP contribution in [-0.4, -0.2) is 121 Å². The average Bonchev–Trinajstić information content (AvgIpc) is 1.53. The number of pyridine rings is 4. The molecule has 11 N–H and O–H groups in total. The van der Waals surface area contributed by atoms with Gasteiger partial charge in [0.2, 0.25) is 0 Å². The summed E-state index contributed by atoms with van der Waals surface area (Å²) in [5.74, 6) is 1.45. The Labute approximate surface area is 738 Å². The summed E-state index contributed by atoms with van der Waals surface area (Å²) in [6.07, 6.45) is 27.7. The fourth-order valence-corrected chi connectivity index (χ4v) is 16.9. The molecule has 24 nitrogen and oxygen atoms in total. The third-order valence-corrected chi connectivity index (χ3v) is 23.7. The highest BCUT2D eigenvalue weighted by atomic mass is 35.5. The number of aliphatic hydroxyl groups is 1. The summed E-state index contributed by atoms with van der Waals surface area (Å²) in [5, 5.41) is 34.3. The Balaban J connectivity index is 0.000000148. The molecule has 3 aliphatic rings. The average molecular weight is 1820 g/mol. The summed E-state index contributed by atoms with van der Waals surface area (Å²) in [6, 6.07) is 17.7. The predicted molar refractivity (Wildman–Crippen MR) is 470 cm³/mol. The Kier molecular flexibility index (Phi) is 32.0. The predicted octanol–water partition coefficient (Wildman–Crippen LogP) is 19.9. The first-order valence-corrected chi connectivity index (χ1v) is 42.3. The van der Waals surface area contributed by atoms with Crippen LogP contribution in [0.1, 0.15) is 119 Å². The smallest absolute Gasteiger partial charge is 0.166 e. The summed E-state index contributed by atoms with van der Waals surface area (Å²) >= 11 is 49.2. The molecule has 0 amide bonds. The van der Waals surface area contributed by atoms with E-state index in [2.05, 4.69) is 55.9 Å². The van der Waals surface area contributed by atoms with E-state index in [9.17, 15) is 17.6 Å². The lowest BCUT2D eigenvalue weighted by molar-refractivity contribution is 0.227. The molecule has 8 aromatic heterocycles. The second kappa shape index (κ2) is 42.6. The monoisotopic (exact) mass is 1810 g/mol. The lowest BCUT2D eigenvalue weighted by atomic mass is 9.98. The number of nitrogens with one attached hydrogen (secondary N) is 2. The number of aromatic nitrogens is 12. The van der Waals surface area contributed by atoms with Gasteiger partial charge in [-0.15, -0.1) is 0 Å². The number of hydrogen-bond acceptors (Lipinski definition) is 20. The molecule has 15 rings (SSSR count). The molecule has 1 aliphatic carbocycles. The number of ether oxygens (including phenoxy) is 4. The Hall–Kier alpha value is -9.40. The van der Waals surface area contributed by atoms with Gasteiger partial charge in [0.05, 0.1) is 64.6 Å². The third-order valence-electron chi connectivity index (χ3n) is 20.9. The van der Waals surface area contributed by atoms with Crippen molar-refractivity contribution < 1.29 is 41.6 Å². The van der Waals surface area contributed by atoms with Gasteiger partial charge in [0.25, 0.3) is 0 Å². The van der Waals surface area contributed by atoms with Gasteiger partial charge in [-0.25, -0.2) is 37.5 Å². The van der Waals surface area contributed by atoms with E-state index in [1.54, 1.807) is 100 Å². The normalized spacial score (nSPS) is 14.8. The number of rotatable bonds is 26. The molecule has 0 radical (unpaired) electrons. The van der Waals surface area contributed by atoms with Crippen LogP contribution in [0, 0.1) is 35.1 Å². The number of halogens is 12. The largest absolute Gasteiger partial charge is 0.482 e. The first kappa shape index (κ1) is 90.8. The number of nitrogens with two attached hydrogens (primary N) is 4. The molecule has 2 aliphatic heterocycles.